The molecule has 1 heterocycles. The fraction of sp³-hybridized carbons (Fsp3) is 0.556. The third-order valence-corrected chi connectivity index (χ3v) is 6.63. The summed E-state index contributed by atoms with van der Waals surface area (Å²) in [5.74, 6) is -0.704. The van der Waals surface area contributed by atoms with E-state index in [2.05, 4.69) is 0 Å². The van der Waals surface area contributed by atoms with Crippen LogP contribution in [0, 0.1) is 17.8 Å². The van der Waals surface area contributed by atoms with Gasteiger partial charge in [-0.25, -0.2) is 4.79 Å². The Hall–Kier alpha value is -1.93. The standard InChI is InChI=1S/C18H20O7S/c1-2-3-9-4-5-11(26(21,22)23)8-12(9)17(19)24-15-10-6-13-14(7-10)18(20)25-16(13)15/h4-5,8,10,13-16H,2-3,6-7H2,1H3,(H,21,22,23). The Morgan fingerprint density at radius 3 is 2.81 bits per heavy atom. The van der Waals surface area contributed by atoms with Crippen molar-refractivity contribution in [2.75, 3.05) is 0 Å². The summed E-state index contributed by atoms with van der Waals surface area (Å²) in [4.78, 5) is 24.3. The van der Waals surface area contributed by atoms with Crippen LogP contribution in [0.4, 0.5) is 0 Å². The summed E-state index contributed by atoms with van der Waals surface area (Å²) < 4.78 is 43.2. The predicted molar refractivity (Wildman–Crippen MR) is 89.0 cm³/mol. The van der Waals surface area contributed by atoms with Crippen molar-refractivity contribution < 1.29 is 32.0 Å². The third kappa shape index (κ3) is 2.72. The number of fused-ring (bicyclic) bond motifs is 1. The van der Waals surface area contributed by atoms with Gasteiger partial charge < -0.3 is 9.47 Å². The summed E-state index contributed by atoms with van der Waals surface area (Å²) in [5.41, 5.74) is 0.792. The molecule has 0 amide bonds. The van der Waals surface area contributed by atoms with Crippen molar-refractivity contribution in [2.45, 2.75) is 49.7 Å². The van der Waals surface area contributed by atoms with E-state index in [0.29, 0.717) is 18.4 Å². The summed E-state index contributed by atoms with van der Waals surface area (Å²) in [5, 5.41) is 0. The maximum Gasteiger partial charge on any atom is 0.338 e. The van der Waals surface area contributed by atoms with Crippen LogP contribution in [0.1, 0.15) is 42.1 Å². The second-order valence-electron chi connectivity index (χ2n) is 7.32. The van der Waals surface area contributed by atoms with Crippen LogP contribution in [0.15, 0.2) is 23.1 Å². The normalized spacial score (nSPS) is 31.9. The van der Waals surface area contributed by atoms with Gasteiger partial charge in [0.1, 0.15) is 12.2 Å². The lowest BCUT2D eigenvalue weighted by atomic mass is 9.88. The number of ether oxygens (including phenoxy) is 2. The van der Waals surface area contributed by atoms with E-state index in [1.807, 2.05) is 6.92 Å². The first-order chi connectivity index (χ1) is 12.3. The first-order valence-corrected chi connectivity index (χ1v) is 10.3. The number of carbonyl (C=O) groups excluding carboxylic acids is 2. The van der Waals surface area contributed by atoms with Crippen LogP contribution in [-0.2, 0) is 30.8 Å². The Morgan fingerprint density at radius 2 is 2.12 bits per heavy atom. The molecule has 2 saturated carbocycles. The average Bonchev–Trinajstić information content (AvgIpc) is 3.19. The topological polar surface area (TPSA) is 107 Å². The van der Waals surface area contributed by atoms with E-state index in [9.17, 15) is 22.6 Å². The highest BCUT2D eigenvalue weighted by Crippen LogP contribution is 2.55. The third-order valence-electron chi connectivity index (χ3n) is 5.78. The molecule has 1 aromatic rings. The summed E-state index contributed by atoms with van der Waals surface area (Å²) in [6.45, 7) is 1.94. The van der Waals surface area contributed by atoms with Gasteiger partial charge in [0.25, 0.3) is 10.1 Å². The van der Waals surface area contributed by atoms with Gasteiger partial charge in [-0.2, -0.15) is 8.42 Å². The molecule has 5 unspecified atom stereocenters. The Balaban J connectivity index is 1.61. The molecule has 26 heavy (non-hydrogen) atoms. The molecule has 8 heteroatoms. The number of aryl methyl sites for hydroxylation is 1. The molecule has 5 atom stereocenters. The molecule has 1 aliphatic heterocycles. The molecule has 1 N–H and O–H groups in total. The molecule has 1 saturated heterocycles. The van der Waals surface area contributed by atoms with Gasteiger partial charge in [-0.15, -0.1) is 0 Å². The summed E-state index contributed by atoms with van der Waals surface area (Å²) in [6.07, 6.45) is 1.94. The van der Waals surface area contributed by atoms with Crippen LogP contribution in [0.2, 0.25) is 0 Å². The van der Waals surface area contributed by atoms with Crippen molar-refractivity contribution in [3.05, 3.63) is 29.3 Å². The number of hydrogen-bond donors (Lipinski definition) is 1. The van der Waals surface area contributed by atoms with E-state index in [0.717, 1.165) is 18.9 Å². The van der Waals surface area contributed by atoms with E-state index >= 15 is 0 Å². The van der Waals surface area contributed by atoms with Crippen LogP contribution in [0.5, 0.6) is 0 Å². The van der Waals surface area contributed by atoms with Crippen molar-refractivity contribution in [1.82, 2.24) is 0 Å². The van der Waals surface area contributed by atoms with E-state index in [1.54, 1.807) is 0 Å². The molecule has 3 aliphatic rings. The predicted octanol–water partition coefficient (Wildman–Crippen LogP) is 1.99. The second-order valence-corrected chi connectivity index (χ2v) is 8.74. The smallest absolute Gasteiger partial charge is 0.338 e. The van der Waals surface area contributed by atoms with Crippen molar-refractivity contribution in [3.8, 4) is 0 Å². The maximum atomic E-state index is 12.8. The van der Waals surface area contributed by atoms with Gasteiger partial charge in [0.2, 0.25) is 0 Å². The molecule has 0 radical (unpaired) electrons. The summed E-state index contributed by atoms with van der Waals surface area (Å²) in [6, 6.07) is 3.95. The first kappa shape index (κ1) is 17.5. The second kappa shape index (κ2) is 6.06. The molecule has 0 spiro atoms. The largest absolute Gasteiger partial charge is 0.458 e. The lowest BCUT2D eigenvalue weighted by Gasteiger charge is -2.25. The molecule has 4 rings (SSSR count). The first-order valence-electron chi connectivity index (χ1n) is 8.81. The van der Waals surface area contributed by atoms with Crippen LogP contribution < -0.4 is 0 Å². The zero-order valence-corrected chi connectivity index (χ0v) is 15.1. The van der Waals surface area contributed by atoms with Crippen molar-refractivity contribution in [1.29, 1.82) is 0 Å². The van der Waals surface area contributed by atoms with Gasteiger partial charge in [-0.3, -0.25) is 9.35 Å². The van der Waals surface area contributed by atoms with E-state index < -0.39 is 28.3 Å². The van der Waals surface area contributed by atoms with E-state index in [1.165, 1.54) is 12.1 Å². The molecule has 140 valence electrons. The number of hydrogen-bond acceptors (Lipinski definition) is 6. The molecule has 2 bridgehead atoms. The van der Waals surface area contributed by atoms with Crippen LogP contribution in [-0.4, -0.2) is 37.1 Å². The molecular formula is C18H20O7S. The van der Waals surface area contributed by atoms with Gasteiger partial charge in [-0.1, -0.05) is 19.4 Å². The van der Waals surface area contributed by atoms with Crippen LogP contribution in [0.25, 0.3) is 0 Å². The SMILES string of the molecule is CCCc1ccc(S(=O)(=O)O)cc1C(=O)OC1C2CC3C(=O)OC1C3C2. The minimum Gasteiger partial charge on any atom is -0.458 e. The molecular weight excluding hydrogens is 360 g/mol. The minimum atomic E-state index is -4.42. The molecule has 3 fully saturated rings. The van der Waals surface area contributed by atoms with Gasteiger partial charge in [0, 0.05) is 11.8 Å². The van der Waals surface area contributed by atoms with Crippen molar-refractivity contribution in [2.24, 2.45) is 17.8 Å². The molecule has 2 aliphatic carbocycles. The number of esters is 2. The number of rotatable bonds is 5. The summed E-state index contributed by atoms with van der Waals surface area (Å²) in [7, 11) is -4.42. The van der Waals surface area contributed by atoms with Gasteiger partial charge in [0.05, 0.1) is 16.4 Å². The summed E-state index contributed by atoms with van der Waals surface area (Å²) >= 11 is 0. The Bertz CT molecular complexity index is 876. The maximum absolute atomic E-state index is 12.8. The van der Waals surface area contributed by atoms with Gasteiger partial charge in [0.15, 0.2) is 0 Å². The van der Waals surface area contributed by atoms with E-state index in [4.69, 9.17) is 9.47 Å². The highest BCUT2D eigenvalue weighted by molar-refractivity contribution is 7.85. The lowest BCUT2D eigenvalue weighted by molar-refractivity contribution is -0.146. The molecule has 0 aromatic heterocycles. The van der Waals surface area contributed by atoms with Gasteiger partial charge >= 0.3 is 11.9 Å². The fourth-order valence-electron chi connectivity index (χ4n) is 4.64. The van der Waals surface area contributed by atoms with Crippen molar-refractivity contribution in [3.63, 3.8) is 0 Å². The fourth-order valence-corrected chi connectivity index (χ4v) is 5.15. The lowest BCUT2D eigenvalue weighted by Crippen LogP contribution is -2.36. The van der Waals surface area contributed by atoms with Crippen LogP contribution in [0.3, 0.4) is 0 Å². The molecule has 1 aromatic carbocycles. The monoisotopic (exact) mass is 380 g/mol. The Labute approximate surface area is 151 Å². The number of benzene rings is 1. The average molecular weight is 380 g/mol. The van der Waals surface area contributed by atoms with Crippen LogP contribution >= 0.6 is 0 Å². The van der Waals surface area contributed by atoms with E-state index in [-0.39, 0.29) is 34.2 Å². The highest BCUT2D eigenvalue weighted by Gasteiger charge is 2.63. The highest BCUT2D eigenvalue weighted by atomic mass is 32.2. The zero-order chi connectivity index (χ0) is 18.6. The Morgan fingerprint density at radius 1 is 1.35 bits per heavy atom. The molecule has 7 nitrogen and oxygen atoms in total. The quantitative estimate of drug-likeness (QED) is 0.615. The Kier molecular flexibility index (Phi) is 4.07. The minimum absolute atomic E-state index is 0.0709. The van der Waals surface area contributed by atoms with Gasteiger partial charge in [-0.05, 0) is 37.0 Å². The van der Waals surface area contributed by atoms with Crippen molar-refractivity contribution >= 4 is 22.1 Å². The zero-order valence-electron chi connectivity index (χ0n) is 14.3. The number of carbonyl (C=O) groups is 2.